The predicted octanol–water partition coefficient (Wildman–Crippen LogP) is 3.16. The lowest BCUT2D eigenvalue weighted by atomic mass is 10.1. The van der Waals surface area contributed by atoms with Gasteiger partial charge in [-0.05, 0) is 41.6 Å². The first kappa shape index (κ1) is 19.8. The molecular weight excluding hydrogens is 341 g/mol. The van der Waals surface area contributed by atoms with Crippen molar-refractivity contribution in [1.29, 1.82) is 0 Å². The Morgan fingerprint density at radius 1 is 1.00 bits per heavy atom. The Hall–Kier alpha value is -2.49. The number of nitrogens with one attached hydrogen (secondary N) is 2. The summed E-state index contributed by atoms with van der Waals surface area (Å²) in [6, 6.07) is 16.5. The van der Waals surface area contributed by atoms with Crippen molar-refractivity contribution < 1.29 is 0 Å². The van der Waals surface area contributed by atoms with Crippen LogP contribution in [-0.2, 0) is 0 Å². The van der Waals surface area contributed by atoms with Crippen molar-refractivity contribution in [2.45, 2.75) is 0 Å². The lowest BCUT2D eigenvalue weighted by molar-refractivity contribution is 0.416. The molecule has 0 bridgehead atoms. The van der Waals surface area contributed by atoms with Crippen molar-refractivity contribution in [2.24, 2.45) is 11.6 Å². The van der Waals surface area contributed by atoms with Gasteiger partial charge in [0.2, 0.25) is 0 Å². The summed E-state index contributed by atoms with van der Waals surface area (Å²) in [6.45, 7) is 1.31. The molecule has 0 saturated heterocycles. The van der Waals surface area contributed by atoms with Gasteiger partial charge in [-0.2, -0.15) is 0 Å². The molecule has 2 rings (SSSR count). The molecule has 5 nitrogen and oxygen atoms in total. The van der Waals surface area contributed by atoms with Gasteiger partial charge in [-0.25, -0.2) is 5.84 Å². The van der Waals surface area contributed by atoms with Gasteiger partial charge in [-0.15, -0.1) is 9.24 Å². The molecule has 1 atom stereocenters. The summed E-state index contributed by atoms with van der Waals surface area (Å²) >= 11 is 0. The zero-order valence-electron chi connectivity index (χ0n) is 15.2. The van der Waals surface area contributed by atoms with Crippen LogP contribution in [-0.4, -0.2) is 31.3 Å². The first-order valence-corrected chi connectivity index (χ1v) is 9.40. The van der Waals surface area contributed by atoms with E-state index in [-0.39, 0.29) is 0 Å². The van der Waals surface area contributed by atoms with Gasteiger partial charge < -0.3 is 21.4 Å². The van der Waals surface area contributed by atoms with Gasteiger partial charge in [0, 0.05) is 36.9 Å². The maximum Gasteiger partial charge on any atom is 0.0561 e. The highest BCUT2D eigenvalue weighted by Gasteiger charge is 1.97. The zero-order chi connectivity index (χ0) is 18.8. The Labute approximate surface area is 158 Å². The number of hydrogen-bond donors (Lipinski definition) is 4. The Kier molecular flexibility index (Phi) is 8.00. The number of anilines is 2. The van der Waals surface area contributed by atoms with Crippen molar-refractivity contribution in [3.63, 3.8) is 0 Å². The van der Waals surface area contributed by atoms with Gasteiger partial charge in [0.05, 0.1) is 6.54 Å². The van der Waals surface area contributed by atoms with Crippen LogP contribution in [0, 0.1) is 0 Å². The highest BCUT2D eigenvalue weighted by molar-refractivity contribution is 7.16. The second-order valence-electron chi connectivity index (χ2n) is 5.91. The van der Waals surface area contributed by atoms with Crippen molar-refractivity contribution in [2.75, 3.05) is 36.9 Å². The molecule has 0 aromatic heterocycles. The molecule has 6 N–H and O–H groups in total. The molecule has 0 aliphatic carbocycles. The minimum absolute atomic E-state index is 0.553. The molecule has 0 amide bonds. The van der Waals surface area contributed by atoms with E-state index in [2.05, 4.69) is 68.4 Å². The van der Waals surface area contributed by atoms with E-state index in [9.17, 15) is 0 Å². The molecule has 1 unspecified atom stereocenters. The van der Waals surface area contributed by atoms with Crippen LogP contribution in [0.5, 0.6) is 0 Å². The Bertz CT molecular complexity index is 723. The third-order valence-corrected chi connectivity index (χ3v) is 4.05. The predicted molar refractivity (Wildman–Crippen MR) is 118 cm³/mol. The van der Waals surface area contributed by atoms with Crippen LogP contribution in [0.3, 0.4) is 0 Å². The number of benzene rings is 2. The fourth-order valence-electron chi connectivity index (χ4n) is 2.34. The van der Waals surface area contributed by atoms with E-state index in [0.29, 0.717) is 12.2 Å². The topological polar surface area (TPSA) is 79.3 Å². The van der Waals surface area contributed by atoms with Crippen molar-refractivity contribution in [1.82, 2.24) is 5.01 Å². The maximum atomic E-state index is 5.97. The van der Waals surface area contributed by atoms with Gasteiger partial charge in [-0.1, -0.05) is 36.4 Å². The summed E-state index contributed by atoms with van der Waals surface area (Å²) in [5, 5.41) is 8.01. The van der Waals surface area contributed by atoms with Gasteiger partial charge >= 0.3 is 0 Å². The number of nitrogens with zero attached hydrogens (tertiary/aromatic N) is 1. The second kappa shape index (κ2) is 10.5. The molecule has 0 spiro atoms. The first-order chi connectivity index (χ1) is 12.6. The van der Waals surface area contributed by atoms with E-state index in [1.807, 2.05) is 19.2 Å². The Morgan fingerprint density at radius 3 is 2.04 bits per heavy atom. The van der Waals surface area contributed by atoms with E-state index < -0.39 is 0 Å². The fourth-order valence-corrected chi connectivity index (χ4v) is 2.64. The summed E-state index contributed by atoms with van der Waals surface area (Å²) in [5.74, 6) is 5.80. The quantitative estimate of drug-likeness (QED) is 0.236. The lowest BCUT2D eigenvalue weighted by Crippen LogP contribution is -2.29. The molecule has 2 aromatic carbocycles. The number of hydrazine groups is 1. The monoisotopic (exact) mass is 369 g/mol. The Balaban J connectivity index is 1.88. The molecule has 0 heterocycles. The summed E-state index contributed by atoms with van der Waals surface area (Å²) in [7, 11) is 4.56. The second-order valence-corrected chi connectivity index (χ2v) is 6.49. The third-order valence-electron chi connectivity index (χ3n) is 3.79. The van der Waals surface area contributed by atoms with E-state index in [1.165, 1.54) is 5.56 Å². The molecule has 26 heavy (non-hydrogen) atoms. The van der Waals surface area contributed by atoms with Crippen LogP contribution in [0.25, 0.3) is 12.2 Å². The molecule has 2 aromatic rings. The largest absolute Gasteiger partial charge is 0.399 e. The van der Waals surface area contributed by atoms with Crippen molar-refractivity contribution in [3.8, 4) is 0 Å². The summed E-state index contributed by atoms with van der Waals surface area (Å²) in [4.78, 5) is 0. The fraction of sp³-hybridized carbons (Fsp3) is 0.200. The van der Waals surface area contributed by atoms with Crippen LogP contribution in [0.2, 0.25) is 0 Å². The molecule has 0 radical (unpaired) electrons. The number of rotatable bonds is 9. The standard InChI is InChI=1S/C20H28N5P/c1-23-19-8-4-16(5-9-19)2-3-17-6-10-20(11-7-17)24-14-18(21)15-25(22)12-13-26/h2-11,15,23-24H,12-14,21-22,26H2,1H3/b3-2+,18-15-. The van der Waals surface area contributed by atoms with Gasteiger partial charge in [-0.3, -0.25) is 0 Å². The van der Waals surface area contributed by atoms with E-state index in [0.717, 1.165) is 29.6 Å². The van der Waals surface area contributed by atoms with Crippen LogP contribution >= 0.6 is 9.24 Å². The third kappa shape index (κ3) is 6.79. The van der Waals surface area contributed by atoms with Gasteiger partial charge in [0.25, 0.3) is 0 Å². The Morgan fingerprint density at radius 2 is 1.54 bits per heavy atom. The highest BCUT2D eigenvalue weighted by Crippen LogP contribution is 2.14. The summed E-state index contributed by atoms with van der Waals surface area (Å²) in [5.41, 5.74) is 11.1. The van der Waals surface area contributed by atoms with E-state index >= 15 is 0 Å². The number of nitrogens with two attached hydrogens (primary N) is 2. The molecule has 0 aliphatic heterocycles. The number of hydrogen-bond acceptors (Lipinski definition) is 5. The minimum atomic E-state index is 0.553. The van der Waals surface area contributed by atoms with Crippen LogP contribution in [0.1, 0.15) is 11.1 Å². The van der Waals surface area contributed by atoms with E-state index in [1.54, 1.807) is 11.2 Å². The van der Waals surface area contributed by atoms with Crippen molar-refractivity contribution >= 4 is 32.8 Å². The minimum Gasteiger partial charge on any atom is -0.399 e. The van der Waals surface area contributed by atoms with Crippen LogP contribution in [0.15, 0.2) is 60.4 Å². The van der Waals surface area contributed by atoms with Crippen molar-refractivity contribution in [3.05, 3.63) is 71.6 Å². The molecular formula is C20H28N5P. The highest BCUT2D eigenvalue weighted by atomic mass is 31.0. The first-order valence-electron chi connectivity index (χ1n) is 8.58. The van der Waals surface area contributed by atoms with Gasteiger partial charge in [0.15, 0.2) is 0 Å². The normalized spacial score (nSPS) is 11.6. The zero-order valence-corrected chi connectivity index (χ0v) is 16.3. The molecule has 0 fully saturated rings. The summed E-state index contributed by atoms with van der Waals surface area (Å²) in [6.07, 6.45) is 6.86. The van der Waals surface area contributed by atoms with Crippen LogP contribution in [0.4, 0.5) is 11.4 Å². The summed E-state index contributed by atoms with van der Waals surface area (Å²) < 4.78 is 0. The maximum absolute atomic E-state index is 5.97. The molecule has 0 aliphatic rings. The van der Waals surface area contributed by atoms with E-state index in [4.69, 9.17) is 11.6 Å². The lowest BCUT2D eigenvalue weighted by Gasteiger charge is -2.14. The van der Waals surface area contributed by atoms with Crippen LogP contribution < -0.4 is 22.2 Å². The molecule has 6 heteroatoms. The average Bonchev–Trinajstić information content (AvgIpc) is 2.66. The average molecular weight is 369 g/mol. The SMILES string of the molecule is CNc1ccc(/C=C/c2ccc(NC/C(N)=C/N(N)CCP)cc2)cc1. The smallest absolute Gasteiger partial charge is 0.0561 e. The molecule has 138 valence electrons. The molecule has 0 saturated carbocycles. The van der Waals surface area contributed by atoms with Gasteiger partial charge in [0.1, 0.15) is 0 Å².